The maximum Gasteiger partial charge on any atom is 0.222 e. The molecule has 0 aromatic carbocycles. The van der Waals surface area contributed by atoms with Crippen LogP contribution < -0.4 is 0 Å². The zero-order valence-electron chi connectivity index (χ0n) is 14.2. The summed E-state index contributed by atoms with van der Waals surface area (Å²) in [5.41, 5.74) is 1.67. The third kappa shape index (κ3) is 3.05. The molecule has 2 aliphatic carbocycles. The zero-order valence-corrected chi connectivity index (χ0v) is 14.2. The van der Waals surface area contributed by atoms with Gasteiger partial charge in [0.1, 0.15) is 6.07 Å². The van der Waals surface area contributed by atoms with E-state index in [2.05, 4.69) is 16.0 Å². The highest BCUT2D eigenvalue weighted by atomic mass is 16.2. The summed E-state index contributed by atoms with van der Waals surface area (Å²) in [4.78, 5) is 19.1. The highest BCUT2D eigenvalue weighted by molar-refractivity contribution is 5.76. The summed E-state index contributed by atoms with van der Waals surface area (Å²) in [6.07, 6.45) is 9.84. The van der Waals surface area contributed by atoms with Crippen molar-refractivity contribution in [3.05, 3.63) is 29.6 Å². The van der Waals surface area contributed by atoms with Gasteiger partial charge in [0.2, 0.25) is 5.91 Å². The van der Waals surface area contributed by atoms with Gasteiger partial charge < -0.3 is 4.90 Å². The molecule has 2 bridgehead atoms. The van der Waals surface area contributed by atoms with Crippen molar-refractivity contribution in [1.29, 1.82) is 5.26 Å². The predicted molar refractivity (Wildman–Crippen MR) is 91.1 cm³/mol. The summed E-state index contributed by atoms with van der Waals surface area (Å²) in [5.74, 6) is 3.21. The molecule has 1 saturated heterocycles. The second-order valence-electron chi connectivity index (χ2n) is 7.88. The number of nitriles is 1. The molecular weight excluding hydrogens is 298 g/mol. The monoisotopic (exact) mass is 323 g/mol. The molecule has 1 aliphatic heterocycles. The molecule has 3 unspecified atom stereocenters. The Morgan fingerprint density at radius 2 is 2.04 bits per heavy atom. The molecule has 2 heterocycles. The van der Waals surface area contributed by atoms with Crippen molar-refractivity contribution in [3.8, 4) is 6.07 Å². The molecule has 0 N–H and O–H groups in total. The van der Waals surface area contributed by atoms with Crippen LogP contribution in [0.1, 0.15) is 62.1 Å². The molecule has 4 heteroatoms. The van der Waals surface area contributed by atoms with Gasteiger partial charge >= 0.3 is 0 Å². The average molecular weight is 323 g/mol. The first kappa shape index (κ1) is 15.6. The lowest BCUT2D eigenvalue weighted by atomic mass is 9.85. The third-order valence-electron chi connectivity index (χ3n) is 6.50. The van der Waals surface area contributed by atoms with Crippen LogP contribution in [-0.2, 0) is 4.79 Å². The first-order valence-corrected chi connectivity index (χ1v) is 9.36. The molecule has 126 valence electrons. The Hall–Kier alpha value is -1.89. The van der Waals surface area contributed by atoms with Crippen molar-refractivity contribution in [2.75, 3.05) is 13.1 Å². The molecule has 1 aromatic heterocycles. The molecule has 0 spiro atoms. The Bertz CT molecular complexity index is 640. The minimum atomic E-state index is 0.374. The van der Waals surface area contributed by atoms with E-state index in [9.17, 15) is 4.79 Å². The van der Waals surface area contributed by atoms with Gasteiger partial charge in [-0.3, -0.25) is 9.78 Å². The first-order valence-electron chi connectivity index (χ1n) is 9.36. The van der Waals surface area contributed by atoms with Gasteiger partial charge in [-0.15, -0.1) is 0 Å². The summed E-state index contributed by atoms with van der Waals surface area (Å²) < 4.78 is 0. The van der Waals surface area contributed by atoms with E-state index in [0.29, 0.717) is 23.3 Å². The van der Waals surface area contributed by atoms with Crippen LogP contribution in [0.3, 0.4) is 0 Å². The van der Waals surface area contributed by atoms with E-state index in [4.69, 9.17) is 5.26 Å². The van der Waals surface area contributed by atoms with Gasteiger partial charge in [0.25, 0.3) is 0 Å². The fourth-order valence-electron chi connectivity index (χ4n) is 5.12. The van der Waals surface area contributed by atoms with Gasteiger partial charge in [-0.05, 0) is 62.0 Å². The second kappa shape index (κ2) is 6.55. The van der Waals surface area contributed by atoms with Crippen LogP contribution >= 0.6 is 0 Å². The highest BCUT2D eigenvalue weighted by Crippen LogP contribution is 2.49. The maximum absolute atomic E-state index is 12.6. The van der Waals surface area contributed by atoms with Crippen LogP contribution in [0.5, 0.6) is 0 Å². The Labute approximate surface area is 143 Å². The number of rotatable bonds is 3. The molecule has 0 radical (unpaired) electrons. The molecule has 24 heavy (non-hydrogen) atoms. The molecule has 2 saturated carbocycles. The number of hydrogen-bond acceptors (Lipinski definition) is 3. The van der Waals surface area contributed by atoms with Crippen LogP contribution in [0.15, 0.2) is 18.3 Å². The van der Waals surface area contributed by atoms with Crippen molar-refractivity contribution in [2.24, 2.45) is 17.8 Å². The lowest BCUT2D eigenvalue weighted by Gasteiger charge is -2.33. The number of piperidine rings is 1. The fraction of sp³-hybridized carbons (Fsp3) is 0.650. The van der Waals surface area contributed by atoms with E-state index >= 15 is 0 Å². The van der Waals surface area contributed by atoms with Crippen LogP contribution in [0.25, 0.3) is 0 Å². The molecule has 1 amide bonds. The van der Waals surface area contributed by atoms with Crippen LogP contribution in [0, 0.1) is 29.1 Å². The van der Waals surface area contributed by atoms with Crippen LogP contribution in [0.4, 0.5) is 0 Å². The van der Waals surface area contributed by atoms with Gasteiger partial charge in [-0.2, -0.15) is 5.26 Å². The fourth-order valence-corrected chi connectivity index (χ4v) is 5.12. The standard InChI is InChI=1S/C20H25N3O/c21-12-15-2-4-19(22-13-15)16-5-7-23(8-6-16)20(24)11-18-10-14-1-3-17(18)9-14/h2,4,13-14,16-18H,1,3,5-11H2. The van der Waals surface area contributed by atoms with Crippen molar-refractivity contribution in [3.63, 3.8) is 0 Å². The normalized spacial score (nSPS) is 29.6. The number of nitrogens with zero attached hydrogens (tertiary/aromatic N) is 3. The van der Waals surface area contributed by atoms with Crippen molar-refractivity contribution < 1.29 is 4.79 Å². The largest absolute Gasteiger partial charge is 0.343 e. The summed E-state index contributed by atoms with van der Waals surface area (Å²) in [6, 6.07) is 5.92. The molecule has 4 nitrogen and oxygen atoms in total. The van der Waals surface area contributed by atoms with E-state index < -0.39 is 0 Å². The maximum atomic E-state index is 12.6. The zero-order chi connectivity index (χ0) is 16.5. The van der Waals surface area contributed by atoms with E-state index in [1.165, 1.54) is 25.7 Å². The third-order valence-corrected chi connectivity index (χ3v) is 6.50. The van der Waals surface area contributed by atoms with Gasteiger partial charge in [0.05, 0.1) is 5.56 Å². The van der Waals surface area contributed by atoms with Crippen molar-refractivity contribution in [1.82, 2.24) is 9.88 Å². The van der Waals surface area contributed by atoms with Gasteiger partial charge in [0, 0.05) is 37.3 Å². The summed E-state index contributed by atoms with van der Waals surface area (Å²) >= 11 is 0. The van der Waals surface area contributed by atoms with Crippen molar-refractivity contribution in [2.45, 2.75) is 50.9 Å². The Morgan fingerprint density at radius 3 is 2.62 bits per heavy atom. The molecular formula is C20H25N3O. The topological polar surface area (TPSA) is 57.0 Å². The average Bonchev–Trinajstić information content (AvgIpc) is 3.25. The molecule has 3 aliphatic rings. The number of fused-ring (bicyclic) bond motifs is 2. The highest BCUT2D eigenvalue weighted by Gasteiger charge is 2.40. The number of pyridine rings is 1. The van der Waals surface area contributed by atoms with Crippen LogP contribution in [-0.4, -0.2) is 28.9 Å². The van der Waals surface area contributed by atoms with Gasteiger partial charge in [-0.25, -0.2) is 0 Å². The minimum absolute atomic E-state index is 0.374. The molecule has 3 atom stereocenters. The molecule has 4 rings (SSSR count). The van der Waals surface area contributed by atoms with Gasteiger partial charge in [0.15, 0.2) is 0 Å². The minimum Gasteiger partial charge on any atom is -0.343 e. The lowest BCUT2D eigenvalue weighted by Crippen LogP contribution is -2.39. The smallest absolute Gasteiger partial charge is 0.222 e. The lowest BCUT2D eigenvalue weighted by molar-refractivity contribution is -0.133. The number of likely N-dealkylation sites (tertiary alicyclic amines) is 1. The summed E-state index contributed by atoms with van der Waals surface area (Å²) in [7, 11) is 0. The first-order chi connectivity index (χ1) is 11.7. The summed E-state index contributed by atoms with van der Waals surface area (Å²) in [6.45, 7) is 1.71. The Morgan fingerprint density at radius 1 is 1.21 bits per heavy atom. The number of amides is 1. The van der Waals surface area contributed by atoms with E-state index in [-0.39, 0.29) is 0 Å². The van der Waals surface area contributed by atoms with E-state index in [1.807, 2.05) is 12.1 Å². The van der Waals surface area contributed by atoms with E-state index in [1.54, 1.807) is 6.20 Å². The van der Waals surface area contributed by atoms with Gasteiger partial charge in [-0.1, -0.05) is 6.42 Å². The quantitative estimate of drug-likeness (QED) is 0.855. The predicted octanol–water partition coefficient (Wildman–Crippen LogP) is 3.49. The van der Waals surface area contributed by atoms with E-state index in [0.717, 1.165) is 49.9 Å². The number of carbonyl (C=O) groups excluding carboxylic acids is 1. The Kier molecular flexibility index (Phi) is 4.26. The van der Waals surface area contributed by atoms with Crippen molar-refractivity contribution >= 4 is 5.91 Å². The summed E-state index contributed by atoms with van der Waals surface area (Å²) in [5, 5.41) is 8.86. The number of carbonyl (C=O) groups is 1. The molecule has 1 aromatic rings. The number of hydrogen-bond donors (Lipinski definition) is 0. The number of aromatic nitrogens is 1. The van der Waals surface area contributed by atoms with Crippen LogP contribution in [0.2, 0.25) is 0 Å². The molecule has 3 fully saturated rings. The SMILES string of the molecule is N#Cc1ccc(C2CCN(C(=O)CC3CC4CCC3C4)CC2)nc1. The second-order valence-corrected chi connectivity index (χ2v) is 7.88. The Balaban J connectivity index is 1.29.